The van der Waals surface area contributed by atoms with Gasteiger partial charge < -0.3 is 10.5 Å². The van der Waals surface area contributed by atoms with E-state index in [1.54, 1.807) is 21.1 Å². The minimum absolute atomic E-state index is 0.0272. The van der Waals surface area contributed by atoms with Gasteiger partial charge in [-0.05, 0) is 19.8 Å². The van der Waals surface area contributed by atoms with E-state index in [1.165, 1.54) is 4.68 Å². The molecule has 1 aromatic rings. The van der Waals surface area contributed by atoms with E-state index in [-0.39, 0.29) is 10.7 Å². The van der Waals surface area contributed by atoms with E-state index in [9.17, 15) is 8.42 Å². The molecule has 0 saturated heterocycles. The van der Waals surface area contributed by atoms with Crippen molar-refractivity contribution in [3.63, 3.8) is 0 Å². The molecule has 3 N–H and O–H groups in total. The molecule has 0 atom stereocenters. The lowest BCUT2D eigenvalue weighted by Gasteiger charge is -2.06. The summed E-state index contributed by atoms with van der Waals surface area (Å²) >= 11 is 0. The molecular weight excluding hydrogens is 256 g/mol. The van der Waals surface area contributed by atoms with Crippen LogP contribution in [0.2, 0.25) is 0 Å². The van der Waals surface area contributed by atoms with Gasteiger partial charge in [-0.3, -0.25) is 4.68 Å². The molecule has 0 aliphatic rings. The van der Waals surface area contributed by atoms with E-state index in [0.29, 0.717) is 25.3 Å². The molecule has 0 aliphatic carbocycles. The summed E-state index contributed by atoms with van der Waals surface area (Å²) in [6, 6.07) is 0. The molecular formula is C10H20N4O3S. The predicted octanol–water partition coefficient (Wildman–Crippen LogP) is 0.0156. The third-order valence-electron chi connectivity index (χ3n) is 2.64. The lowest BCUT2D eigenvalue weighted by Crippen LogP contribution is -2.26. The number of ether oxygens (including phenoxy) is 1. The Morgan fingerprint density at radius 3 is 2.61 bits per heavy atom. The average molecular weight is 276 g/mol. The highest BCUT2D eigenvalue weighted by atomic mass is 32.2. The van der Waals surface area contributed by atoms with Crippen LogP contribution in [0, 0.1) is 6.92 Å². The monoisotopic (exact) mass is 276 g/mol. The Bertz CT molecular complexity index is 495. The molecule has 8 heteroatoms. The van der Waals surface area contributed by atoms with Gasteiger partial charge in [0.05, 0.1) is 5.69 Å². The largest absolute Gasteiger partial charge is 0.385 e. The molecule has 1 heterocycles. The highest BCUT2D eigenvalue weighted by molar-refractivity contribution is 7.89. The molecule has 0 fully saturated rings. The fourth-order valence-electron chi connectivity index (χ4n) is 1.60. The minimum Gasteiger partial charge on any atom is -0.385 e. The number of nitrogens with one attached hydrogen (secondary N) is 1. The van der Waals surface area contributed by atoms with Gasteiger partial charge in [0, 0.05) is 27.3 Å². The van der Waals surface area contributed by atoms with E-state index in [1.807, 2.05) is 0 Å². The molecule has 1 aromatic heterocycles. The van der Waals surface area contributed by atoms with Crippen LogP contribution in [-0.2, 0) is 21.8 Å². The van der Waals surface area contributed by atoms with Crippen molar-refractivity contribution in [2.75, 3.05) is 26.0 Å². The quantitative estimate of drug-likeness (QED) is 0.684. The first-order chi connectivity index (χ1) is 8.40. The molecule has 18 heavy (non-hydrogen) atoms. The van der Waals surface area contributed by atoms with Gasteiger partial charge in [-0.1, -0.05) is 0 Å². The molecule has 1 rings (SSSR count). The molecule has 0 aliphatic heterocycles. The summed E-state index contributed by atoms with van der Waals surface area (Å²) in [6.45, 7) is 2.65. The van der Waals surface area contributed by atoms with Gasteiger partial charge in [-0.25, -0.2) is 13.1 Å². The van der Waals surface area contributed by atoms with Gasteiger partial charge in [0.25, 0.3) is 0 Å². The van der Waals surface area contributed by atoms with Gasteiger partial charge >= 0.3 is 0 Å². The van der Waals surface area contributed by atoms with Crippen molar-refractivity contribution in [1.29, 1.82) is 0 Å². The first-order valence-electron chi connectivity index (χ1n) is 5.68. The Balaban J connectivity index is 2.69. The van der Waals surface area contributed by atoms with E-state index in [0.717, 1.165) is 6.42 Å². The second-order valence-corrected chi connectivity index (χ2v) is 5.72. The minimum atomic E-state index is -3.59. The second kappa shape index (κ2) is 6.17. The van der Waals surface area contributed by atoms with Crippen molar-refractivity contribution in [3.8, 4) is 0 Å². The number of sulfonamides is 1. The van der Waals surface area contributed by atoms with Crippen LogP contribution in [0.25, 0.3) is 0 Å². The number of aryl methyl sites for hydroxylation is 1. The predicted molar refractivity (Wildman–Crippen MR) is 68.7 cm³/mol. The Hall–Kier alpha value is -1.12. The highest BCUT2D eigenvalue weighted by Gasteiger charge is 2.23. The van der Waals surface area contributed by atoms with Crippen molar-refractivity contribution >= 4 is 15.8 Å². The molecule has 0 spiro atoms. The number of nitrogens with two attached hydrogens (primary N) is 1. The SMILES string of the molecule is COCCCCNS(=O)(=O)c1c(N)nn(C)c1C. The standard InChI is InChI=1S/C10H20N4O3S/c1-8-9(10(11)13-14(8)2)18(15,16)12-6-4-5-7-17-3/h12H,4-7H2,1-3H3,(H2,11,13). The molecule has 0 bridgehead atoms. The molecule has 7 nitrogen and oxygen atoms in total. The summed E-state index contributed by atoms with van der Waals surface area (Å²) in [5.74, 6) is 0.0272. The number of hydrogen-bond acceptors (Lipinski definition) is 5. The zero-order chi connectivity index (χ0) is 13.8. The van der Waals surface area contributed by atoms with E-state index >= 15 is 0 Å². The van der Waals surface area contributed by atoms with E-state index in [2.05, 4.69) is 9.82 Å². The third kappa shape index (κ3) is 3.44. The summed E-state index contributed by atoms with van der Waals surface area (Å²) in [5.41, 5.74) is 6.13. The maximum atomic E-state index is 12.0. The fraction of sp³-hybridized carbons (Fsp3) is 0.700. The Kier molecular flexibility index (Phi) is 5.12. The molecule has 0 aromatic carbocycles. The number of aromatic nitrogens is 2. The number of methoxy groups -OCH3 is 1. The van der Waals surface area contributed by atoms with Crippen LogP contribution in [-0.4, -0.2) is 38.5 Å². The summed E-state index contributed by atoms with van der Waals surface area (Å²) in [6.07, 6.45) is 1.52. The first kappa shape index (κ1) is 14.9. The Morgan fingerprint density at radius 2 is 2.11 bits per heavy atom. The number of nitrogens with zero attached hydrogens (tertiary/aromatic N) is 2. The van der Waals surface area contributed by atoms with Crippen molar-refractivity contribution in [2.45, 2.75) is 24.7 Å². The number of unbranched alkanes of at least 4 members (excludes halogenated alkanes) is 1. The number of hydrogen-bond donors (Lipinski definition) is 2. The summed E-state index contributed by atoms with van der Waals surface area (Å²) in [4.78, 5) is 0.0664. The van der Waals surface area contributed by atoms with Crippen LogP contribution in [0.5, 0.6) is 0 Å². The third-order valence-corrected chi connectivity index (χ3v) is 4.27. The number of anilines is 1. The van der Waals surface area contributed by atoms with Crippen LogP contribution in [0.1, 0.15) is 18.5 Å². The van der Waals surface area contributed by atoms with Crippen LogP contribution < -0.4 is 10.5 Å². The van der Waals surface area contributed by atoms with Crippen LogP contribution >= 0.6 is 0 Å². The summed E-state index contributed by atoms with van der Waals surface area (Å²) in [7, 11) is -0.316. The second-order valence-electron chi connectivity index (χ2n) is 4.02. The van der Waals surface area contributed by atoms with Crippen molar-refractivity contribution < 1.29 is 13.2 Å². The molecule has 0 unspecified atom stereocenters. The van der Waals surface area contributed by atoms with Crippen molar-refractivity contribution in [3.05, 3.63) is 5.69 Å². The molecule has 0 amide bonds. The molecule has 104 valence electrons. The molecule has 0 radical (unpaired) electrons. The highest BCUT2D eigenvalue weighted by Crippen LogP contribution is 2.20. The van der Waals surface area contributed by atoms with Gasteiger partial charge in [-0.2, -0.15) is 5.10 Å². The first-order valence-corrected chi connectivity index (χ1v) is 7.16. The lowest BCUT2D eigenvalue weighted by atomic mass is 10.3. The van der Waals surface area contributed by atoms with Crippen LogP contribution in [0.4, 0.5) is 5.82 Å². The lowest BCUT2D eigenvalue weighted by molar-refractivity contribution is 0.193. The van der Waals surface area contributed by atoms with E-state index < -0.39 is 10.0 Å². The summed E-state index contributed by atoms with van der Waals surface area (Å²) < 4.78 is 32.9. The molecule has 0 saturated carbocycles. The number of nitrogen functional groups attached to an aromatic ring is 1. The van der Waals surface area contributed by atoms with Gasteiger partial charge in [-0.15, -0.1) is 0 Å². The zero-order valence-electron chi connectivity index (χ0n) is 10.9. The fourth-order valence-corrected chi connectivity index (χ4v) is 2.99. The summed E-state index contributed by atoms with van der Waals surface area (Å²) in [5, 5.41) is 3.89. The maximum Gasteiger partial charge on any atom is 0.246 e. The maximum absolute atomic E-state index is 12.0. The average Bonchev–Trinajstić information content (AvgIpc) is 2.53. The van der Waals surface area contributed by atoms with Gasteiger partial charge in [0.2, 0.25) is 10.0 Å². The van der Waals surface area contributed by atoms with Gasteiger partial charge in [0.15, 0.2) is 5.82 Å². The van der Waals surface area contributed by atoms with E-state index in [4.69, 9.17) is 10.5 Å². The Morgan fingerprint density at radius 1 is 1.44 bits per heavy atom. The van der Waals surface area contributed by atoms with Crippen LogP contribution in [0.3, 0.4) is 0 Å². The smallest absolute Gasteiger partial charge is 0.246 e. The van der Waals surface area contributed by atoms with Gasteiger partial charge in [0.1, 0.15) is 4.90 Å². The van der Waals surface area contributed by atoms with Crippen molar-refractivity contribution in [2.24, 2.45) is 7.05 Å². The number of rotatable bonds is 7. The van der Waals surface area contributed by atoms with Crippen molar-refractivity contribution in [1.82, 2.24) is 14.5 Å². The zero-order valence-corrected chi connectivity index (χ0v) is 11.7. The van der Waals surface area contributed by atoms with Crippen LogP contribution in [0.15, 0.2) is 4.90 Å². The topological polar surface area (TPSA) is 99.2 Å². The normalized spacial score (nSPS) is 11.9. The Labute approximate surface area is 107 Å².